The van der Waals surface area contributed by atoms with Crippen molar-refractivity contribution in [2.24, 2.45) is 0 Å². The highest BCUT2D eigenvalue weighted by Crippen LogP contribution is 2.09. The molecule has 0 fully saturated rings. The Labute approximate surface area is 299 Å². The first-order chi connectivity index (χ1) is 23.6. The van der Waals surface area contributed by atoms with Crippen molar-refractivity contribution in [2.75, 3.05) is 52.4 Å². The number of alkyl carbamates (subject to hydrolysis) is 2. The minimum atomic E-state index is -0.927. The van der Waals surface area contributed by atoms with Crippen LogP contribution in [0.2, 0.25) is 0 Å². The van der Waals surface area contributed by atoms with E-state index in [0.29, 0.717) is 65.0 Å². The van der Waals surface area contributed by atoms with E-state index < -0.39 is 35.6 Å². The molecule has 0 heterocycles. The lowest BCUT2D eigenvalue weighted by Gasteiger charge is -2.20. The van der Waals surface area contributed by atoms with E-state index in [0.717, 1.165) is 51.9 Å². The highest BCUT2D eigenvalue weighted by atomic mass is 16.6. The van der Waals surface area contributed by atoms with E-state index >= 15 is 0 Å². The van der Waals surface area contributed by atoms with E-state index in [4.69, 9.17) is 9.47 Å². The zero-order chi connectivity index (χ0) is 37.4. The molecule has 0 saturated heterocycles. The summed E-state index contributed by atoms with van der Waals surface area (Å²) in [6.45, 7) is 16.5. The Morgan fingerprint density at radius 1 is 0.580 bits per heavy atom. The molecule has 0 saturated carbocycles. The van der Waals surface area contributed by atoms with Crippen molar-refractivity contribution in [2.45, 2.75) is 117 Å². The van der Waals surface area contributed by atoms with Gasteiger partial charge in [0.25, 0.3) is 0 Å². The van der Waals surface area contributed by atoms with Gasteiger partial charge in [-0.15, -0.1) is 0 Å². The van der Waals surface area contributed by atoms with E-state index in [2.05, 4.69) is 39.5 Å². The van der Waals surface area contributed by atoms with Gasteiger partial charge in [0, 0.05) is 52.4 Å². The van der Waals surface area contributed by atoms with Crippen LogP contribution in [0.3, 0.4) is 0 Å². The van der Waals surface area contributed by atoms with Gasteiger partial charge in [-0.3, -0.25) is 0 Å². The average Bonchev–Trinajstić information content (AvgIpc) is 3.00. The van der Waals surface area contributed by atoms with Crippen molar-refractivity contribution in [1.29, 1.82) is 0 Å². The number of hydrogen-bond acceptors (Lipinski definition) is 8. The zero-order valence-electron chi connectivity index (χ0n) is 31.3. The highest BCUT2D eigenvalue weighted by molar-refractivity contribution is 5.68. The van der Waals surface area contributed by atoms with E-state index in [1.54, 1.807) is 41.5 Å². The van der Waals surface area contributed by atoms with E-state index in [-0.39, 0.29) is 0 Å². The fourth-order valence-corrected chi connectivity index (χ4v) is 4.89. The maximum Gasteiger partial charge on any atom is 0.407 e. The van der Waals surface area contributed by atoms with Crippen molar-refractivity contribution >= 4 is 24.4 Å². The molecular formula is C36H64N6O8. The number of rotatable bonds is 24. The fourth-order valence-electron chi connectivity index (χ4n) is 4.89. The van der Waals surface area contributed by atoms with Crippen LogP contribution in [0.4, 0.5) is 19.2 Å². The third-order valence-electron chi connectivity index (χ3n) is 7.30. The fraction of sp³-hybridized carbons (Fsp3) is 0.722. The summed E-state index contributed by atoms with van der Waals surface area (Å²) in [6, 6.07) is 8.35. The van der Waals surface area contributed by atoms with Crippen LogP contribution in [0.15, 0.2) is 24.3 Å². The van der Waals surface area contributed by atoms with Gasteiger partial charge in [0.15, 0.2) is 0 Å². The van der Waals surface area contributed by atoms with E-state index in [1.807, 2.05) is 6.07 Å². The predicted molar refractivity (Wildman–Crippen MR) is 194 cm³/mol. The first-order valence-electron chi connectivity index (χ1n) is 17.9. The number of carboxylic acid groups (broad SMARTS) is 2. The molecule has 0 aliphatic carbocycles. The van der Waals surface area contributed by atoms with Crippen LogP contribution < -0.4 is 21.3 Å². The summed E-state index contributed by atoms with van der Waals surface area (Å²) in [7, 11) is 0. The summed E-state index contributed by atoms with van der Waals surface area (Å²) in [5, 5.41) is 31.3. The Morgan fingerprint density at radius 2 is 0.920 bits per heavy atom. The lowest BCUT2D eigenvalue weighted by atomic mass is 10.1. The molecule has 286 valence electrons. The zero-order valence-corrected chi connectivity index (χ0v) is 31.3. The predicted octanol–water partition coefficient (Wildman–Crippen LogP) is 6.00. The highest BCUT2D eigenvalue weighted by Gasteiger charge is 2.17. The number of carbonyl (C=O) groups is 4. The number of benzene rings is 1. The van der Waals surface area contributed by atoms with Gasteiger partial charge in [-0.25, -0.2) is 19.2 Å². The van der Waals surface area contributed by atoms with Crippen molar-refractivity contribution < 1.29 is 38.9 Å². The van der Waals surface area contributed by atoms with Gasteiger partial charge in [-0.05, 0) is 117 Å². The molecule has 1 aromatic carbocycles. The standard InChI is InChI=1S/C36H64N6O8/c1-35(2,3)49-31(43)39-20-9-13-24-41(33(45)46)22-11-7-18-37-27-29-16-15-17-30(26-29)28-38-19-8-12-23-42(34(47)48)25-14-10-21-40-32(44)50-36(4,5)6/h15-17,26,37-38H,7-14,18-25,27-28H2,1-6H3,(H,39,43)(H,40,44)(H,45,46)(H,47,48). The molecule has 14 nitrogen and oxygen atoms in total. The maximum atomic E-state index is 11.7. The second-order valence-corrected chi connectivity index (χ2v) is 14.4. The lowest BCUT2D eigenvalue weighted by Crippen LogP contribution is -2.34. The number of unbranched alkanes of at least 4 members (excludes halogenated alkanes) is 4. The summed E-state index contributed by atoms with van der Waals surface area (Å²) in [5.74, 6) is 0. The molecule has 0 aliphatic rings. The molecule has 0 radical (unpaired) electrons. The summed E-state index contributed by atoms with van der Waals surface area (Å²) in [4.78, 5) is 49.5. The first kappa shape index (κ1) is 44.2. The number of ether oxygens (including phenoxy) is 2. The third-order valence-corrected chi connectivity index (χ3v) is 7.30. The van der Waals surface area contributed by atoms with Gasteiger partial charge in [0.05, 0.1) is 0 Å². The summed E-state index contributed by atoms with van der Waals surface area (Å²) in [5.41, 5.74) is 1.26. The Hall–Kier alpha value is -3.78. The second-order valence-electron chi connectivity index (χ2n) is 14.4. The number of nitrogens with zero attached hydrogens (tertiary/aromatic N) is 2. The normalized spacial score (nSPS) is 11.5. The molecule has 1 aromatic rings. The summed E-state index contributed by atoms with van der Waals surface area (Å²) in [6.07, 6.45) is 3.12. The van der Waals surface area contributed by atoms with Crippen molar-refractivity contribution in [3.05, 3.63) is 35.4 Å². The molecule has 0 atom stereocenters. The van der Waals surface area contributed by atoms with E-state index in [9.17, 15) is 29.4 Å². The Kier molecular flexibility index (Phi) is 21.6. The average molecular weight is 709 g/mol. The molecule has 0 bridgehead atoms. The quantitative estimate of drug-likeness (QED) is 0.0698. The third kappa shape index (κ3) is 24.4. The summed E-state index contributed by atoms with van der Waals surface area (Å²) >= 11 is 0. The Bertz CT molecular complexity index is 1060. The van der Waals surface area contributed by atoms with Crippen LogP contribution in [0, 0.1) is 0 Å². The molecule has 50 heavy (non-hydrogen) atoms. The topological polar surface area (TPSA) is 182 Å². The largest absolute Gasteiger partial charge is 0.465 e. The van der Waals surface area contributed by atoms with Crippen LogP contribution in [0.1, 0.15) is 104 Å². The minimum absolute atomic E-state index is 0.429. The van der Waals surface area contributed by atoms with Gasteiger partial charge < -0.3 is 50.8 Å². The number of carbonyl (C=O) groups excluding carboxylic acids is 2. The van der Waals surface area contributed by atoms with Gasteiger partial charge >= 0.3 is 24.4 Å². The number of amides is 4. The van der Waals surface area contributed by atoms with Gasteiger partial charge in [-0.2, -0.15) is 0 Å². The lowest BCUT2D eigenvalue weighted by molar-refractivity contribution is 0.0515. The minimum Gasteiger partial charge on any atom is -0.465 e. The van der Waals surface area contributed by atoms with Crippen molar-refractivity contribution in [1.82, 2.24) is 31.1 Å². The molecular weight excluding hydrogens is 644 g/mol. The molecule has 0 unspecified atom stereocenters. The maximum absolute atomic E-state index is 11.7. The van der Waals surface area contributed by atoms with Crippen molar-refractivity contribution in [3.63, 3.8) is 0 Å². The number of nitrogens with one attached hydrogen (secondary N) is 4. The van der Waals surface area contributed by atoms with Crippen LogP contribution >= 0.6 is 0 Å². The second kappa shape index (κ2) is 24.4. The SMILES string of the molecule is CC(C)(C)OC(=O)NCCCCN(CCCCNCc1cccc(CNCCCCN(CCCCNC(=O)OC(C)(C)C)C(=O)O)c1)C(=O)O. The van der Waals surface area contributed by atoms with E-state index in [1.165, 1.54) is 20.9 Å². The van der Waals surface area contributed by atoms with Crippen molar-refractivity contribution in [3.8, 4) is 0 Å². The molecule has 14 heteroatoms. The molecule has 6 N–H and O–H groups in total. The smallest absolute Gasteiger partial charge is 0.407 e. The van der Waals surface area contributed by atoms with Crippen LogP contribution in [0.25, 0.3) is 0 Å². The van der Waals surface area contributed by atoms with Crippen LogP contribution in [-0.4, -0.2) is 108 Å². The molecule has 1 rings (SSSR count). The molecule has 0 aromatic heterocycles. The Morgan fingerprint density at radius 3 is 1.24 bits per heavy atom. The van der Waals surface area contributed by atoms with Crippen LogP contribution in [-0.2, 0) is 22.6 Å². The van der Waals surface area contributed by atoms with Gasteiger partial charge in [-0.1, -0.05) is 24.3 Å². The van der Waals surface area contributed by atoms with Gasteiger partial charge in [0.1, 0.15) is 11.2 Å². The Balaban J connectivity index is 2.18. The molecule has 0 spiro atoms. The van der Waals surface area contributed by atoms with Gasteiger partial charge in [0.2, 0.25) is 0 Å². The first-order valence-corrected chi connectivity index (χ1v) is 17.9. The molecule has 4 amide bonds. The molecule has 0 aliphatic heterocycles. The van der Waals surface area contributed by atoms with Crippen LogP contribution in [0.5, 0.6) is 0 Å². The number of hydrogen-bond donors (Lipinski definition) is 6. The summed E-state index contributed by atoms with van der Waals surface area (Å²) < 4.78 is 10.4. The monoisotopic (exact) mass is 708 g/mol.